The standard InChI is InChI=1S/C20H24N4O6/c1-20(8-12-3-6-14-15(7-12)30-11-29-14)18(27)24(19(28)22-20)10-17(26)23(2)9-16(25)21-13-4-5-13/h3,6-7,13H,4-5,8-11H2,1-2H3,(H,21,25)(H,22,28)/t20-/m1/s1. The first-order chi connectivity index (χ1) is 14.2. The number of hydrogen-bond acceptors (Lipinski definition) is 6. The van der Waals surface area contributed by atoms with E-state index in [9.17, 15) is 19.2 Å². The first kappa shape index (κ1) is 20.0. The Hall–Kier alpha value is -3.30. The molecule has 2 fully saturated rings. The van der Waals surface area contributed by atoms with E-state index >= 15 is 0 Å². The van der Waals surface area contributed by atoms with Gasteiger partial charge in [0.05, 0.1) is 6.54 Å². The van der Waals surface area contributed by atoms with Crippen LogP contribution in [0.25, 0.3) is 0 Å². The minimum Gasteiger partial charge on any atom is -0.454 e. The number of carbonyl (C=O) groups excluding carboxylic acids is 4. The minimum absolute atomic E-state index is 0.118. The Labute approximate surface area is 173 Å². The molecule has 3 aliphatic rings. The quantitative estimate of drug-likeness (QED) is 0.605. The Kier molecular flexibility index (Phi) is 5.00. The molecular weight excluding hydrogens is 392 g/mol. The zero-order valence-corrected chi connectivity index (χ0v) is 16.9. The van der Waals surface area contributed by atoms with Gasteiger partial charge in [-0.25, -0.2) is 4.79 Å². The van der Waals surface area contributed by atoms with E-state index in [0.29, 0.717) is 11.5 Å². The summed E-state index contributed by atoms with van der Waals surface area (Å²) in [6.07, 6.45) is 2.14. The van der Waals surface area contributed by atoms with Gasteiger partial charge in [0.2, 0.25) is 18.6 Å². The predicted octanol–water partition coefficient (Wildman–Crippen LogP) is 0.00530. The second kappa shape index (κ2) is 7.51. The highest BCUT2D eigenvalue weighted by atomic mass is 16.7. The van der Waals surface area contributed by atoms with Crippen molar-refractivity contribution in [2.45, 2.75) is 37.8 Å². The zero-order valence-electron chi connectivity index (χ0n) is 16.9. The van der Waals surface area contributed by atoms with Crippen molar-refractivity contribution in [1.82, 2.24) is 20.4 Å². The zero-order chi connectivity index (χ0) is 21.5. The average Bonchev–Trinajstić information content (AvgIpc) is 3.32. The van der Waals surface area contributed by atoms with Crippen molar-refractivity contribution >= 4 is 23.8 Å². The van der Waals surface area contributed by atoms with Gasteiger partial charge in [-0.15, -0.1) is 0 Å². The van der Waals surface area contributed by atoms with E-state index in [2.05, 4.69) is 10.6 Å². The molecule has 10 heteroatoms. The van der Waals surface area contributed by atoms with Gasteiger partial charge in [-0.2, -0.15) is 0 Å². The maximum absolute atomic E-state index is 12.9. The molecule has 1 saturated carbocycles. The summed E-state index contributed by atoms with van der Waals surface area (Å²) < 4.78 is 10.6. The molecule has 2 aliphatic heterocycles. The van der Waals surface area contributed by atoms with Crippen LogP contribution in [0.15, 0.2) is 18.2 Å². The number of ether oxygens (including phenoxy) is 2. The van der Waals surface area contributed by atoms with Crippen LogP contribution in [0.2, 0.25) is 0 Å². The van der Waals surface area contributed by atoms with E-state index in [0.717, 1.165) is 23.3 Å². The third-order valence-corrected chi connectivity index (χ3v) is 5.38. The number of urea groups is 1. The second-order valence-corrected chi connectivity index (χ2v) is 8.11. The van der Waals surface area contributed by atoms with Gasteiger partial charge in [0.25, 0.3) is 5.91 Å². The highest BCUT2D eigenvalue weighted by Crippen LogP contribution is 2.34. The van der Waals surface area contributed by atoms with Crippen LogP contribution in [-0.4, -0.2) is 72.1 Å². The van der Waals surface area contributed by atoms with Crippen LogP contribution in [0.5, 0.6) is 11.5 Å². The summed E-state index contributed by atoms with van der Waals surface area (Å²) in [4.78, 5) is 51.8. The number of nitrogens with one attached hydrogen (secondary N) is 2. The molecule has 5 amide bonds. The summed E-state index contributed by atoms with van der Waals surface area (Å²) in [7, 11) is 1.47. The molecule has 0 aromatic heterocycles. The molecule has 10 nitrogen and oxygen atoms in total. The first-order valence-electron chi connectivity index (χ1n) is 9.81. The summed E-state index contributed by atoms with van der Waals surface area (Å²) in [6, 6.07) is 4.90. The summed E-state index contributed by atoms with van der Waals surface area (Å²) in [6.45, 7) is 1.23. The molecule has 0 unspecified atom stereocenters. The van der Waals surface area contributed by atoms with E-state index in [1.54, 1.807) is 25.1 Å². The summed E-state index contributed by atoms with van der Waals surface area (Å²) in [5.41, 5.74) is -0.398. The van der Waals surface area contributed by atoms with Gasteiger partial charge < -0.3 is 25.0 Å². The maximum atomic E-state index is 12.9. The molecular formula is C20H24N4O6. The molecule has 4 rings (SSSR count). The molecule has 1 aromatic carbocycles. The van der Waals surface area contributed by atoms with Crippen molar-refractivity contribution in [2.24, 2.45) is 0 Å². The molecule has 0 radical (unpaired) electrons. The van der Waals surface area contributed by atoms with Crippen molar-refractivity contribution < 1.29 is 28.7 Å². The van der Waals surface area contributed by atoms with Crippen LogP contribution >= 0.6 is 0 Å². The maximum Gasteiger partial charge on any atom is 0.325 e. The highest BCUT2D eigenvalue weighted by molar-refractivity contribution is 6.09. The molecule has 0 spiro atoms. The van der Waals surface area contributed by atoms with Crippen molar-refractivity contribution in [2.75, 3.05) is 26.9 Å². The minimum atomic E-state index is -1.19. The van der Waals surface area contributed by atoms with E-state index in [1.165, 1.54) is 11.9 Å². The summed E-state index contributed by atoms with van der Waals surface area (Å²) in [5, 5.41) is 5.48. The smallest absolute Gasteiger partial charge is 0.325 e. The Balaban J connectivity index is 1.37. The monoisotopic (exact) mass is 416 g/mol. The summed E-state index contributed by atoms with van der Waals surface area (Å²) >= 11 is 0. The fraction of sp³-hybridized carbons (Fsp3) is 0.500. The van der Waals surface area contributed by atoms with Gasteiger partial charge in [0.1, 0.15) is 12.1 Å². The van der Waals surface area contributed by atoms with E-state index < -0.39 is 29.9 Å². The molecule has 0 bridgehead atoms. The first-order valence-corrected chi connectivity index (χ1v) is 9.81. The third-order valence-electron chi connectivity index (χ3n) is 5.38. The van der Waals surface area contributed by atoms with Crippen molar-refractivity contribution in [3.63, 3.8) is 0 Å². The molecule has 1 atom stereocenters. The number of nitrogens with zero attached hydrogens (tertiary/aromatic N) is 2. The topological polar surface area (TPSA) is 117 Å². The van der Waals surface area contributed by atoms with Gasteiger partial charge in [-0.3, -0.25) is 19.3 Å². The number of rotatable bonds is 7. The SMILES string of the molecule is CN(CC(=O)NC1CC1)C(=O)CN1C(=O)N[C@](C)(Cc2ccc3c(c2)OCO3)C1=O. The molecule has 1 aliphatic carbocycles. The third kappa shape index (κ3) is 4.03. The van der Waals surface area contributed by atoms with Gasteiger partial charge in [-0.05, 0) is 37.5 Å². The van der Waals surface area contributed by atoms with E-state index in [1.807, 2.05) is 0 Å². The molecule has 1 aromatic rings. The fourth-order valence-corrected chi connectivity index (χ4v) is 3.53. The Morgan fingerprint density at radius 3 is 2.73 bits per heavy atom. The van der Waals surface area contributed by atoms with Crippen LogP contribution in [0.3, 0.4) is 0 Å². The largest absolute Gasteiger partial charge is 0.454 e. The fourth-order valence-electron chi connectivity index (χ4n) is 3.53. The molecule has 2 heterocycles. The van der Waals surface area contributed by atoms with Crippen molar-refractivity contribution in [3.05, 3.63) is 23.8 Å². The van der Waals surface area contributed by atoms with Crippen LogP contribution < -0.4 is 20.1 Å². The number of fused-ring (bicyclic) bond motifs is 1. The molecule has 160 valence electrons. The lowest BCUT2D eigenvalue weighted by molar-refractivity contribution is -0.139. The van der Waals surface area contributed by atoms with Crippen molar-refractivity contribution in [1.29, 1.82) is 0 Å². The number of amides is 5. The lowest BCUT2D eigenvalue weighted by Crippen LogP contribution is -2.47. The van der Waals surface area contributed by atoms with E-state index in [4.69, 9.17) is 9.47 Å². The van der Waals surface area contributed by atoms with E-state index in [-0.39, 0.29) is 31.7 Å². The van der Waals surface area contributed by atoms with Crippen molar-refractivity contribution in [3.8, 4) is 11.5 Å². The second-order valence-electron chi connectivity index (χ2n) is 8.11. The van der Waals surface area contributed by atoms with Gasteiger partial charge in [-0.1, -0.05) is 6.07 Å². The Bertz CT molecular complexity index is 915. The Morgan fingerprint density at radius 2 is 2.00 bits per heavy atom. The number of likely N-dealkylation sites (N-methyl/N-ethyl adjacent to an activating group) is 1. The number of imide groups is 1. The summed E-state index contributed by atoms with van der Waals surface area (Å²) in [5.74, 6) is -0.0120. The number of hydrogen-bond donors (Lipinski definition) is 2. The number of carbonyl (C=O) groups is 4. The van der Waals surface area contributed by atoms with Crippen LogP contribution in [-0.2, 0) is 20.8 Å². The average molecular weight is 416 g/mol. The normalized spacial score (nSPS) is 22.1. The lowest BCUT2D eigenvalue weighted by atomic mass is 9.92. The van der Waals surface area contributed by atoms with Crippen LogP contribution in [0, 0.1) is 0 Å². The molecule has 1 saturated heterocycles. The lowest BCUT2D eigenvalue weighted by Gasteiger charge is -2.23. The molecule has 30 heavy (non-hydrogen) atoms. The predicted molar refractivity (Wildman–Crippen MR) is 104 cm³/mol. The van der Waals surface area contributed by atoms with Gasteiger partial charge in [0, 0.05) is 19.5 Å². The van der Waals surface area contributed by atoms with Gasteiger partial charge >= 0.3 is 6.03 Å². The Morgan fingerprint density at radius 1 is 1.27 bits per heavy atom. The van der Waals surface area contributed by atoms with Crippen LogP contribution in [0.4, 0.5) is 4.79 Å². The number of benzene rings is 1. The molecule has 2 N–H and O–H groups in total. The van der Waals surface area contributed by atoms with Crippen LogP contribution in [0.1, 0.15) is 25.3 Å². The van der Waals surface area contributed by atoms with Gasteiger partial charge in [0.15, 0.2) is 11.5 Å². The highest BCUT2D eigenvalue weighted by Gasteiger charge is 2.48.